The topological polar surface area (TPSA) is 41.6 Å². The molecule has 0 saturated carbocycles. The van der Waals surface area contributed by atoms with Crippen LogP contribution in [-0.4, -0.2) is 35.6 Å². The van der Waals surface area contributed by atoms with Crippen LogP contribution in [0.2, 0.25) is 0 Å². The van der Waals surface area contributed by atoms with Gasteiger partial charge in [0.15, 0.2) is 5.11 Å². The first-order chi connectivity index (χ1) is 11.9. The molecule has 138 valence electrons. The fourth-order valence-electron chi connectivity index (χ4n) is 2.83. The molecule has 0 spiro atoms. The number of carbonyl (C=O) groups is 1. The van der Waals surface area contributed by atoms with E-state index in [4.69, 9.17) is 17.0 Å². The summed E-state index contributed by atoms with van der Waals surface area (Å²) in [4.78, 5) is 14.1. The molecule has 1 heterocycles. The molecule has 0 radical (unpaired) electrons. The van der Waals surface area contributed by atoms with Crippen molar-refractivity contribution in [3.63, 3.8) is 0 Å². The lowest BCUT2D eigenvalue weighted by molar-refractivity contribution is -0.120. The molecule has 1 aliphatic heterocycles. The molecular formula is C20H30N2O2S. The summed E-state index contributed by atoms with van der Waals surface area (Å²) >= 11 is 5.31. The van der Waals surface area contributed by atoms with E-state index in [2.05, 4.69) is 43.1 Å². The molecule has 1 aromatic rings. The summed E-state index contributed by atoms with van der Waals surface area (Å²) in [5, 5.41) is 3.41. The van der Waals surface area contributed by atoms with E-state index in [1.54, 1.807) is 0 Å². The number of likely N-dealkylation sites (tertiary alicyclic amines) is 1. The molecule has 0 atom stereocenters. The molecule has 0 unspecified atom stereocenters. The lowest BCUT2D eigenvalue weighted by Crippen LogP contribution is -2.44. The van der Waals surface area contributed by atoms with Gasteiger partial charge < -0.3 is 15.0 Å². The highest BCUT2D eigenvalue weighted by molar-refractivity contribution is 7.80. The molecule has 1 fully saturated rings. The number of ether oxygens (including phenoxy) is 1. The van der Waals surface area contributed by atoms with E-state index in [0.717, 1.165) is 31.7 Å². The molecule has 0 aliphatic carbocycles. The van der Waals surface area contributed by atoms with Gasteiger partial charge in [0.05, 0.1) is 6.61 Å². The summed E-state index contributed by atoms with van der Waals surface area (Å²) in [6, 6.07) is 8.18. The van der Waals surface area contributed by atoms with Crippen LogP contribution in [0.3, 0.4) is 0 Å². The lowest BCUT2D eigenvalue weighted by atomic mass is 9.87. The number of nitrogens with one attached hydrogen (secondary N) is 1. The average Bonchev–Trinajstić information content (AvgIpc) is 2.59. The Balaban J connectivity index is 1.65. The van der Waals surface area contributed by atoms with Crippen molar-refractivity contribution in [3.05, 3.63) is 29.8 Å². The second kappa shape index (κ2) is 9.18. The summed E-state index contributed by atoms with van der Waals surface area (Å²) in [7, 11) is 0. The predicted molar refractivity (Wildman–Crippen MR) is 106 cm³/mol. The molecule has 1 aliphatic rings. The molecule has 0 aromatic heterocycles. The number of carbonyl (C=O) groups excluding carboxylic acids is 1. The van der Waals surface area contributed by atoms with Crippen molar-refractivity contribution in [2.24, 2.45) is 0 Å². The minimum atomic E-state index is -0.0257. The summed E-state index contributed by atoms with van der Waals surface area (Å²) in [6.45, 7) is 9.00. The van der Waals surface area contributed by atoms with E-state index < -0.39 is 0 Å². The van der Waals surface area contributed by atoms with Gasteiger partial charge in [0.1, 0.15) is 5.75 Å². The summed E-state index contributed by atoms with van der Waals surface area (Å²) < 4.78 is 5.72. The van der Waals surface area contributed by atoms with Crippen LogP contribution < -0.4 is 10.1 Å². The maximum Gasteiger partial charge on any atom is 0.226 e. The molecule has 1 amide bonds. The molecule has 5 heteroatoms. The quantitative estimate of drug-likeness (QED) is 0.634. The average molecular weight is 363 g/mol. The lowest BCUT2D eigenvalue weighted by Gasteiger charge is -2.28. The van der Waals surface area contributed by atoms with Crippen molar-refractivity contribution in [3.8, 4) is 5.75 Å². The summed E-state index contributed by atoms with van der Waals surface area (Å²) in [6.07, 6.45) is 4.65. The second-order valence-corrected chi connectivity index (χ2v) is 8.01. The SMILES string of the molecule is CC(C)(C)c1ccc(OCCCC(=O)NC(=S)N2CCCCC2)cc1. The summed E-state index contributed by atoms with van der Waals surface area (Å²) in [5.41, 5.74) is 1.43. The predicted octanol–water partition coefficient (Wildman–Crippen LogP) is 4.03. The van der Waals surface area contributed by atoms with Gasteiger partial charge in [-0.1, -0.05) is 32.9 Å². The van der Waals surface area contributed by atoms with Crippen LogP contribution in [0.4, 0.5) is 0 Å². The van der Waals surface area contributed by atoms with E-state index in [1.165, 1.54) is 12.0 Å². The number of thiocarbonyl (C=S) groups is 1. The fourth-order valence-corrected chi connectivity index (χ4v) is 3.13. The van der Waals surface area contributed by atoms with Crippen molar-refractivity contribution in [1.29, 1.82) is 0 Å². The van der Waals surface area contributed by atoms with Crippen molar-refractivity contribution >= 4 is 23.2 Å². The highest BCUT2D eigenvalue weighted by Gasteiger charge is 2.15. The van der Waals surface area contributed by atoms with Gasteiger partial charge in [-0.05, 0) is 61.0 Å². The molecule has 25 heavy (non-hydrogen) atoms. The van der Waals surface area contributed by atoms with E-state index in [-0.39, 0.29) is 11.3 Å². The molecule has 1 saturated heterocycles. The molecule has 0 bridgehead atoms. The van der Waals surface area contributed by atoms with E-state index in [0.29, 0.717) is 24.6 Å². The third-order valence-electron chi connectivity index (χ3n) is 4.43. The van der Waals surface area contributed by atoms with Crippen LogP contribution in [-0.2, 0) is 10.2 Å². The molecule has 2 rings (SSSR count). The van der Waals surface area contributed by atoms with Gasteiger partial charge in [0.25, 0.3) is 0 Å². The van der Waals surface area contributed by atoms with Gasteiger partial charge in [0.2, 0.25) is 5.91 Å². The highest BCUT2D eigenvalue weighted by Crippen LogP contribution is 2.24. The summed E-state index contributed by atoms with van der Waals surface area (Å²) in [5.74, 6) is 0.819. The molecular weight excluding hydrogens is 332 g/mol. The van der Waals surface area contributed by atoms with Gasteiger partial charge in [-0.2, -0.15) is 0 Å². The fraction of sp³-hybridized carbons (Fsp3) is 0.600. The number of hydrogen-bond acceptors (Lipinski definition) is 3. The smallest absolute Gasteiger partial charge is 0.226 e. The number of rotatable bonds is 5. The zero-order chi connectivity index (χ0) is 18.3. The van der Waals surface area contributed by atoms with Crippen molar-refractivity contribution in [2.45, 2.75) is 58.3 Å². The van der Waals surface area contributed by atoms with Gasteiger partial charge in [-0.3, -0.25) is 4.79 Å². The minimum Gasteiger partial charge on any atom is -0.494 e. The largest absolute Gasteiger partial charge is 0.494 e. The zero-order valence-corrected chi connectivity index (χ0v) is 16.5. The maximum absolute atomic E-state index is 12.0. The van der Waals surface area contributed by atoms with E-state index in [1.807, 2.05) is 12.1 Å². The Hall–Kier alpha value is -1.62. The number of benzene rings is 1. The van der Waals surface area contributed by atoms with Crippen molar-refractivity contribution < 1.29 is 9.53 Å². The first kappa shape index (κ1) is 19.7. The minimum absolute atomic E-state index is 0.0257. The highest BCUT2D eigenvalue weighted by atomic mass is 32.1. The van der Waals surface area contributed by atoms with Gasteiger partial charge >= 0.3 is 0 Å². The van der Waals surface area contributed by atoms with Gasteiger partial charge in [0, 0.05) is 19.5 Å². The molecule has 1 N–H and O–H groups in total. The van der Waals surface area contributed by atoms with Crippen LogP contribution in [0.15, 0.2) is 24.3 Å². The Labute approximate surface area is 156 Å². The Bertz CT molecular complexity index is 572. The van der Waals surface area contributed by atoms with Crippen molar-refractivity contribution in [1.82, 2.24) is 10.2 Å². The van der Waals surface area contributed by atoms with E-state index in [9.17, 15) is 4.79 Å². The van der Waals surface area contributed by atoms with Crippen LogP contribution >= 0.6 is 12.2 Å². The first-order valence-electron chi connectivity index (χ1n) is 9.18. The Kier molecular flexibility index (Phi) is 7.24. The van der Waals surface area contributed by atoms with Crippen LogP contribution in [0.25, 0.3) is 0 Å². The molecule has 1 aromatic carbocycles. The van der Waals surface area contributed by atoms with Crippen LogP contribution in [0.1, 0.15) is 58.4 Å². The normalized spacial score (nSPS) is 14.9. The third kappa shape index (κ3) is 6.65. The second-order valence-electron chi connectivity index (χ2n) is 7.63. The van der Waals surface area contributed by atoms with E-state index >= 15 is 0 Å². The first-order valence-corrected chi connectivity index (χ1v) is 9.59. The Morgan fingerprint density at radius 3 is 2.40 bits per heavy atom. The van der Waals surface area contributed by atoms with Crippen molar-refractivity contribution in [2.75, 3.05) is 19.7 Å². The monoisotopic (exact) mass is 362 g/mol. The Morgan fingerprint density at radius 2 is 1.80 bits per heavy atom. The zero-order valence-electron chi connectivity index (χ0n) is 15.6. The third-order valence-corrected chi connectivity index (χ3v) is 4.79. The maximum atomic E-state index is 12.0. The Morgan fingerprint density at radius 1 is 1.16 bits per heavy atom. The number of hydrogen-bond donors (Lipinski definition) is 1. The number of piperidine rings is 1. The number of amides is 1. The van der Waals surface area contributed by atoms with Gasteiger partial charge in [-0.15, -0.1) is 0 Å². The van der Waals surface area contributed by atoms with Gasteiger partial charge in [-0.25, -0.2) is 0 Å². The van der Waals surface area contributed by atoms with Crippen LogP contribution in [0, 0.1) is 0 Å². The standard InChI is InChI=1S/C20H30N2O2S/c1-20(2,3)16-9-11-17(12-10-16)24-15-7-8-18(23)21-19(25)22-13-5-4-6-14-22/h9-12H,4-8,13-15H2,1-3H3,(H,21,23,25). The number of nitrogens with zero attached hydrogens (tertiary/aromatic N) is 1. The molecule has 4 nitrogen and oxygen atoms in total. The van der Waals surface area contributed by atoms with Crippen LogP contribution in [0.5, 0.6) is 5.75 Å².